The van der Waals surface area contributed by atoms with Gasteiger partial charge in [0.1, 0.15) is 24.3 Å². The van der Waals surface area contributed by atoms with Gasteiger partial charge in [-0.15, -0.1) is 0 Å². The van der Waals surface area contributed by atoms with Gasteiger partial charge in [-0.2, -0.15) is 34.2 Å². The van der Waals surface area contributed by atoms with E-state index in [0.717, 1.165) is 0 Å². The van der Waals surface area contributed by atoms with Crippen LogP contribution in [0.25, 0.3) is 11.0 Å². The van der Waals surface area contributed by atoms with E-state index in [9.17, 15) is 13.2 Å². The minimum Gasteiger partial charge on any atom is -0.431 e. The fourth-order valence-electron chi connectivity index (χ4n) is 1.75. The molecule has 0 bridgehead atoms. The molecule has 100 valence electrons. The second-order valence-corrected chi connectivity index (χ2v) is 3.69. The molecule has 0 unspecified atom stereocenters. The monoisotopic (exact) mass is 292 g/mol. The van der Waals surface area contributed by atoms with Crippen molar-refractivity contribution in [1.82, 2.24) is 9.97 Å². The van der Waals surface area contributed by atoms with Crippen molar-refractivity contribution in [2.24, 2.45) is 0 Å². The van der Waals surface area contributed by atoms with E-state index in [-0.39, 0.29) is 18.9 Å². The van der Waals surface area contributed by atoms with E-state index in [1.54, 1.807) is 0 Å². The average molecular weight is 292 g/mol. The molecule has 0 fully saturated rings. The first-order chi connectivity index (χ1) is 9.88. The Morgan fingerprint density at radius 2 is 1.27 bits per heavy atom. The van der Waals surface area contributed by atoms with Gasteiger partial charge in [-0.05, 0) is 11.0 Å². The maximum atomic E-state index is 12.6. The molecule has 2 aromatic rings. The number of halogens is 3. The van der Waals surface area contributed by atoms with Crippen LogP contribution in [0.3, 0.4) is 0 Å². The van der Waals surface area contributed by atoms with Crippen LogP contribution in [0.1, 0.15) is 28.1 Å². The van der Waals surface area contributed by atoms with Crippen LogP contribution >= 0.6 is 0 Å². The number of nitriles is 4. The van der Waals surface area contributed by atoms with Crippen LogP contribution in [-0.4, -0.2) is 4.98 Å². The first-order valence-electron chi connectivity index (χ1n) is 5.11. The molecule has 6 nitrogen and oxygen atoms in total. The molecule has 10 heteroatoms. The van der Waals surface area contributed by atoms with E-state index in [1.807, 2.05) is 0 Å². The molecule has 0 aliphatic carbocycles. The Bertz CT molecular complexity index is 861. The second-order valence-electron chi connectivity index (χ2n) is 3.69. The van der Waals surface area contributed by atoms with Crippen molar-refractivity contribution in [3.05, 3.63) is 28.1 Å². The normalized spacial score (nSPS) is 9.95. The Morgan fingerprint density at radius 1 is 0.818 bits per heavy atom. The van der Waals surface area contributed by atoms with Gasteiger partial charge in [0.2, 0.25) is 0 Å². The first kappa shape index (κ1) is 17.1. The van der Waals surface area contributed by atoms with Crippen molar-refractivity contribution in [2.45, 2.75) is 6.18 Å². The zero-order valence-electron chi connectivity index (χ0n) is 10.8. The SMILES string of the molecule is N#Cc1c(C#N)c(C#N)c2[n-]c(C(F)(F)F)nc2c1C#N.[Li+]. The molecular formula is C12F3LiN6. The number of hydrogen-bond acceptors (Lipinski definition) is 5. The number of imidazole rings is 1. The summed E-state index contributed by atoms with van der Waals surface area (Å²) in [6.07, 6.45) is -4.88. The van der Waals surface area contributed by atoms with Crippen molar-refractivity contribution >= 4 is 11.0 Å². The van der Waals surface area contributed by atoms with E-state index >= 15 is 0 Å². The van der Waals surface area contributed by atoms with Gasteiger partial charge in [-0.1, -0.05) is 0 Å². The third-order valence-corrected chi connectivity index (χ3v) is 2.58. The molecule has 1 heterocycles. The summed E-state index contributed by atoms with van der Waals surface area (Å²) < 4.78 is 37.9. The van der Waals surface area contributed by atoms with E-state index in [0.29, 0.717) is 0 Å². The van der Waals surface area contributed by atoms with Gasteiger partial charge in [-0.3, -0.25) is 0 Å². The Balaban J connectivity index is 0.00000242. The number of alkyl halides is 3. The maximum absolute atomic E-state index is 12.6. The molecule has 0 saturated heterocycles. The summed E-state index contributed by atoms with van der Waals surface area (Å²) >= 11 is 0. The minimum atomic E-state index is -4.88. The summed E-state index contributed by atoms with van der Waals surface area (Å²) in [6.45, 7) is 0. The van der Waals surface area contributed by atoms with Crippen LogP contribution in [0.2, 0.25) is 0 Å². The fourth-order valence-corrected chi connectivity index (χ4v) is 1.75. The van der Waals surface area contributed by atoms with Gasteiger partial charge >= 0.3 is 25.0 Å². The van der Waals surface area contributed by atoms with Gasteiger partial charge in [-0.25, -0.2) is 0 Å². The summed E-state index contributed by atoms with van der Waals surface area (Å²) in [4.78, 5) is 6.35. The number of nitrogens with zero attached hydrogens (tertiary/aromatic N) is 6. The Hall–Kier alpha value is -2.96. The molecule has 0 aliphatic rings. The quantitative estimate of drug-likeness (QED) is 0.556. The molecule has 0 amide bonds. The Kier molecular flexibility index (Phi) is 4.51. The van der Waals surface area contributed by atoms with Gasteiger partial charge in [0.15, 0.2) is 0 Å². The van der Waals surface area contributed by atoms with Gasteiger partial charge in [0, 0.05) is 5.82 Å². The summed E-state index contributed by atoms with van der Waals surface area (Å²) in [5, 5.41) is 36.0. The van der Waals surface area contributed by atoms with Gasteiger partial charge in [0.05, 0.1) is 22.3 Å². The molecule has 0 atom stereocenters. The average Bonchev–Trinajstić information content (AvgIpc) is 2.88. The van der Waals surface area contributed by atoms with Crippen LogP contribution in [0, 0.1) is 45.3 Å². The second kappa shape index (κ2) is 5.80. The number of rotatable bonds is 0. The minimum absolute atomic E-state index is 0. The third-order valence-electron chi connectivity index (χ3n) is 2.58. The predicted molar refractivity (Wildman–Crippen MR) is 58.9 cm³/mol. The molecular weight excluding hydrogens is 292 g/mol. The summed E-state index contributed by atoms with van der Waals surface area (Å²) in [7, 11) is 0. The summed E-state index contributed by atoms with van der Waals surface area (Å²) in [6, 6.07) is 6.13. The first-order valence-corrected chi connectivity index (χ1v) is 5.11. The Labute approximate surface area is 133 Å². The van der Waals surface area contributed by atoms with Crippen LogP contribution in [0.5, 0.6) is 0 Å². The van der Waals surface area contributed by atoms with E-state index in [4.69, 9.17) is 21.0 Å². The molecule has 1 aromatic heterocycles. The Morgan fingerprint density at radius 3 is 1.68 bits per heavy atom. The third kappa shape index (κ3) is 2.37. The van der Waals surface area contributed by atoms with Crippen molar-refractivity contribution in [3.8, 4) is 24.3 Å². The van der Waals surface area contributed by atoms with Crippen molar-refractivity contribution in [1.29, 1.82) is 21.0 Å². The molecule has 0 spiro atoms. The van der Waals surface area contributed by atoms with Crippen molar-refractivity contribution in [3.63, 3.8) is 0 Å². The molecule has 0 aliphatic heterocycles. The fraction of sp³-hybridized carbons (Fsp3) is 0.0833. The number of aromatic nitrogens is 2. The van der Waals surface area contributed by atoms with Crippen LogP contribution in [-0.2, 0) is 6.18 Å². The summed E-state index contributed by atoms with van der Waals surface area (Å²) in [5.41, 5.74) is -3.03. The molecule has 1 aromatic carbocycles. The topological polar surface area (TPSA) is 122 Å². The van der Waals surface area contributed by atoms with Crippen LogP contribution in [0.4, 0.5) is 13.2 Å². The molecule has 22 heavy (non-hydrogen) atoms. The van der Waals surface area contributed by atoms with Gasteiger partial charge in [0.25, 0.3) is 0 Å². The van der Waals surface area contributed by atoms with Crippen LogP contribution in [0.15, 0.2) is 0 Å². The molecule has 2 rings (SSSR count). The maximum Gasteiger partial charge on any atom is 1.00 e. The van der Waals surface area contributed by atoms with E-state index in [1.165, 1.54) is 24.3 Å². The zero-order chi connectivity index (χ0) is 15.8. The largest absolute Gasteiger partial charge is 1.00 e. The smallest absolute Gasteiger partial charge is 0.431 e. The van der Waals surface area contributed by atoms with Crippen molar-refractivity contribution in [2.75, 3.05) is 0 Å². The molecule has 0 N–H and O–H groups in total. The number of benzene rings is 1. The number of fused-ring (bicyclic) bond motifs is 1. The van der Waals surface area contributed by atoms with Crippen molar-refractivity contribution < 1.29 is 32.0 Å². The molecule has 0 saturated carbocycles. The van der Waals surface area contributed by atoms with E-state index < -0.39 is 45.3 Å². The number of hydrogen-bond donors (Lipinski definition) is 0. The van der Waals surface area contributed by atoms with E-state index in [2.05, 4.69) is 9.97 Å². The summed E-state index contributed by atoms with van der Waals surface area (Å²) in [5.74, 6) is -1.54. The molecule has 0 radical (unpaired) electrons. The van der Waals surface area contributed by atoms with Gasteiger partial charge < -0.3 is 9.97 Å². The predicted octanol–water partition coefficient (Wildman–Crippen LogP) is -1.30. The van der Waals surface area contributed by atoms with Crippen LogP contribution < -0.4 is 23.8 Å². The standard InChI is InChI=1S/C12F3N6.Li/c13-12(14,15)11-20-9-7(3-18)5(1-16)6(2-17)8(4-19)10(9)21-11;/q-1;+1. The zero-order valence-corrected chi connectivity index (χ0v) is 10.8.